The quantitative estimate of drug-likeness (QED) is 0.783. The van der Waals surface area contributed by atoms with Crippen LogP contribution >= 0.6 is 0 Å². The molecule has 4 aliphatic rings. The predicted octanol–water partition coefficient (Wildman–Crippen LogP) is 1.34. The number of hydrogen-bond acceptors (Lipinski definition) is 3. The van der Waals surface area contributed by atoms with Crippen LogP contribution in [0.3, 0.4) is 0 Å². The first-order chi connectivity index (χ1) is 10.3. The SMILES string of the molecule is O=C(C1CCc2nncn2C1)N1CC2C3CCC(C3)C2C1. The number of fused-ring (bicyclic) bond motifs is 6. The second-order valence-electron chi connectivity index (χ2n) is 7.54. The molecule has 112 valence electrons. The van der Waals surface area contributed by atoms with Crippen LogP contribution in [0.5, 0.6) is 0 Å². The van der Waals surface area contributed by atoms with Gasteiger partial charge in [-0.3, -0.25) is 4.79 Å². The number of nitrogens with zero attached hydrogens (tertiary/aromatic N) is 4. The van der Waals surface area contributed by atoms with Gasteiger partial charge in [-0.1, -0.05) is 0 Å². The largest absolute Gasteiger partial charge is 0.342 e. The molecule has 0 radical (unpaired) electrons. The van der Waals surface area contributed by atoms with Gasteiger partial charge in [-0.15, -0.1) is 10.2 Å². The Labute approximate surface area is 124 Å². The summed E-state index contributed by atoms with van der Waals surface area (Å²) in [5.41, 5.74) is 0. The molecule has 5 heteroatoms. The van der Waals surface area contributed by atoms with Crippen molar-refractivity contribution >= 4 is 5.91 Å². The first kappa shape index (κ1) is 12.2. The molecule has 2 saturated carbocycles. The number of hydrogen-bond donors (Lipinski definition) is 0. The molecular formula is C16H22N4O. The van der Waals surface area contributed by atoms with E-state index in [4.69, 9.17) is 0 Å². The Bertz CT molecular complexity index is 565. The van der Waals surface area contributed by atoms with Crippen LogP contribution in [0.2, 0.25) is 0 Å². The van der Waals surface area contributed by atoms with Gasteiger partial charge in [0.2, 0.25) is 5.91 Å². The molecule has 5 unspecified atom stereocenters. The lowest BCUT2D eigenvalue weighted by Gasteiger charge is -2.27. The van der Waals surface area contributed by atoms with Gasteiger partial charge in [-0.05, 0) is 49.4 Å². The van der Waals surface area contributed by atoms with Gasteiger partial charge in [0.15, 0.2) is 0 Å². The fourth-order valence-electron chi connectivity index (χ4n) is 5.58. The minimum Gasteiger partial charge on any atom is -0.342 e. The van der Waals surface area contributed by atoms with Gasteiger partial charge in [0.1, 0.15) is 12.2 Å². The molecule has 1 saturated heterocycles. The second-order valence-corrected chi connectivity index (χ2v) is 7.54. The summed E-state index contributed by atoms with van der Waals surface area (Å²) in [6.45, 7) is 2.85. The second kappa shape index (κ2) is 4.31. The van der Waals surface area contributed by atoms with Gasteiger partial charge in [-0.2, -0.15) is 0 Å². The summed E-state index contributed by atoms with van der Waals surface area (Å²) in [6.07, 6.45) is 7.89. The zero-order valence-electron chi connectivity index (χ0n) is 12.3. The van der Waals surface area contributed by atoms with Gasteiger partial charge in [0.05, 0.1) is 5.92 Å². The van der Waals surface area contributed by atoms with Gasteiger partial charge >= 0.3 is 0 Å². The number of amides is 1. The van der Waals surface area contributed by atoms with E-state index in [2.05, 4.69) is 19.7 Å². The molecular weight excluding hydrogens is 264 g/mol. The van der Waals surface area contributed by atoms with Crippen molar-refractivity contribution in [3.05, 3.63) is 12.2 Å². The molecule has 1 aromatic rings. The molecule has 2 aliphatic heterocycles. The van der Waals surface area contributed by atoms with Gasteiger partial charge in [-0.25, -0.2) is 0 Å². The third-order valence-electron chi connectivity index (χ3n) is 6.63. The summed E-state index contributed by atoms with van der Waals surface area (Å²) in [5, 5.41) is 8.07. The highest BCUT2D eigenvalue weighted by molar-refractivity contribution is 5.79. The molecule has 5 rings (SSSR count). The van der Waals surface area contributed by atoms with E-state index >= 15 is 0 Å². The van der Waals surface area contributed by atoms with Crippen LogP contribution in [0.4, 0.5) is 0 Å². The maximum atomic E-state index is 12.9. The molecule has 5 atom stereocenters. The molecule has 0 N–H and O–H groups in total. The lowest BCUT2D eigenvalue weighted by molar-refractivity contribution is -0.135. The van der Waals surface area contributed by atoms with Crippen LogP contribution in [0, 0.1) is 29.6 Å². The van der Waals surface area contributed by atoms with E-state index in [0.717, 1.165) is 62.0 Å². The van der Waals surface area contributed by atoms with E-state index in [-0.39, 0.29) is 5.92 Å². The summed E-state index contributed by atoms with van der Waals surface area (Å²) in [4.78, 5) is 15.1. The van der Waals surface area contributed by atoms with Gasteiger partial charge < -0.3 is 9.47 Å². The number of aromatic nitrogens is 3. The van der Waals surface area contributed by atoms with Crippen molar-refractivity contribution in [2.45, 2.75) is 38.6 Å². The van der Waals surface area contributed by atoms with Crippen molar-refractivity contribution in [1.29, 1.82) is 0 Å². The predicted molar refractivity (Wildman–Crippen MR) is 76.2 cm³/mol. The number of aryl methyl sites for hydroxylation is 1. The first-order valence-electron chi connectivity index (χ1n) is 8.45. The van der Waals surface area contributed by atoms with Gasteiger partial charge in [0.25, 0.3) is 0 Å². The summed E-state index contributed by atoms with van der Waals surface area (Å²) in [6, 6.07) is 0. The zero-order valence-corrected chi connectivity index (χ0v) is 12.3. The normalized spacial score (nSPS) is 40.4. The average Bonchev–Trinajstić information content (AvgIpc) is 3.24. The van der Waals surface area contributed by atoms with Crippen molar-refractivity contribution in [3.8, 4) is 0 Å². The number of rotatable bonds is 1. The number of carbonyl (C=O) groups is 1. The summed E-state index contributed by atoms with van der Waals surface area (Å²) in [5.74, 6) is 5.06. The zero-order chi connectivity index (χ0) is 14.0. The van der Waals surface area contributed by atoms with Crippen LogP contribution in [0.15, 0.2) is 6.33 Å². The molecule has 1 aromatic heterocycles. The monoisotopic (exact) mass is 286 g/mol. The smallest absolute Gasteiger partial charge is 0.227 e. The number of likely N-dealkylation sites (tertiary alicyclic amines) is 1. The van der Waals surface area contributed by atoms with E-state index in [0.29, 0.717) is 5.91 Å². The molecule has 3 heterocycles. The lowest BCUT2D eigenvalue weighted by Crippen LogP contribution is -2.39. The van der Waals surface area contributed by atoms with Gasteiger partial charge in [0, 0.05) is 26.1 Å². The standard InChI is InChI=1S/C16H22N4O/c21-16(12-3-4-15-18-17-9-20(15)6-12)19-7-13-10-1-2-11(5-10)14(13)8-19/h9-14H,1-8H2. The van der Waals surface area contributed by atoms with Crippen LogP contribution < -0.4 is 0 Å². The van der Waals surface area contributed by atoms with Crippen LogP contribution in [-0.4, -0.2) is 38.7 Å². The Kier molecular flexibility index (Phi) is 2.50. The van der Waals surface area contributed by atoms with E-state index in [9.17, 15) is 4.79 Å². The average molecular weight is 286 g/mol. The van der Waals surface area contributed by atoms with Crippen LogP contribution in [-0.2, 0) is 17.8 Å². The molecule has 5 nitrogen and oxygen atoms in total. The number of carbonyl (C=O) groups excluding carboxylic acids is 1. The molecule has 1 amide bonds. The van der Waals surface area contributed by atoms with Crippen molar-refractivity contribution in [1.82, 2.24) is 19.7 Å². The van der Waals surface area contributed by atoms with Crippen molar-refractivity contribution in [2.75, 3.05) is 13.1 Å². The molecule has 2 aliphatic carbocycles. The fourth-order valence-corrected chi connectivity index (χ4v) is 5.58. The van der Waals surface area contributed by atoms with E-state index < -0.39 is 0 Å². The molecule has 0 aromatic carbocycles. The van der Waals surface area contributed by atoms with Crippen LogP contribution in [0.1, 0.15) is 31.5 Å². The Hall–Kier alpha value is -1.39. The Morgan fingerprint density at radius 2 is 1.86 bits per heavy atom. The Balaban J connectivity index is 1.30. The Morgan fingerprint density at radius 3 is 2.62 bits per heavy atom. The maximum absolute atomic E-state index is 12.9. The van der Waals surface area contributed by atoms with Crippen molar-refractivity contribution < 1.29 is 4.79 Å². The first-order valence-corrected chi connectivity index (χ1v) is 8.45. The van der Waals surface area contributed by atoms with Crippen molar-refractivity contribution in [2.24, 2.45) is 29.6 Å². The summed E-state index contributed by atoms with van der Waals surface area (Å²) in [7, 11) is 0. The van der Waals surface area contributed by atoms with Crippen LogP contribution in [0.25, 0.3) is 0 Å². The maximum Gasteiger partial charge on any atom is 0.227 e. The Morgan fingerprint density at radius 1 is 1.10 bits per heavy atom. The third kappa shape index (κ3) is 1.72. The lowest BCUT2D eigenvalue weighted by atomic mass is 9.82. The molecule has 21 heavy (non-hydrogen) atoms. The fraction of sp³-hybridized carbons (Fsp3) is 0.812. The third-order valence-corrected chi connectivity index (χ3v) is 6.63. The topological polar surface area (TPSA) is 51.0 Å². The highest BCUT2D eigenvalue weighted by atomic mass is 16.2. The minimum atomic E-state index is 0.143. The highest BCUT2D eigenvalue weighted by Crippen LogP contribution is 2.55. The highest BCUT2D eigenvalue weighted by Gasteiger charge is 2.52. The van der Waals surface area contributed by atoms with E-state index in [1.165, 1.54) is 19.3 Å². The van der Waals surface area contributed by atoms with E-state index in [1.54, 1.807) is 6.33 Å². The molecule has 0 spiro atoms. The van der Waals surface area contributed by atoms with E-state index in [1.807, 2.05) is 0 Å². The molecule has 2 bridgehead atoms. The molecule has 3 fully saturated rings. The minimum absolute atomic E-state index is 0.143. The summed E-state index contributed by atoms with van der Waals surface area (Å²) >= 11 is 0. The van der Waals surface area contributed by atoms with Crippen molar-refractivity contribution in [3.63, 3.8) is 0 Å². The summed E-state index contributed by atoms with van der Waals surface area (Å²) < 4.78 is 2.06.